The zero-order valence-corrected chi connectivity index (χ0v) is 13.3. The van der Waals surface area contributed by atoms with Gasteiger partial charge in [-0.25, -0.2) is 0 Å². The third-order valence-electron chi connectivity index (χ3n) is 3.84. The van der Waals surface area contributed by atoms with E-state index in [0.717, 1.165) is 38.2 Å². The maximum Gasteiger partial charge on any atom is 0.418 e. The van der Waals surface area contributed by atoms with E-state index >= 15 is 0 Å². The molecule has 0 atom stereocenters. The van der Waals surface area contributed by atoms with Crippen LogP contribution in [0.2, 0.25) is 0 Å². The van der Waals surface area contributed by atoms with E-state index in [2.05, 4.69) is 10.6 Å². The van der Waals surface area contributed by atoms with Crippen molar-refractivity contribution in [1.82, 2.24) is 5.32 Å². The van der Waals surface area contributed by atoms with Crippen molar-refractivity contribution in [2.24, 2.45) is 0 Å². The van der Waals surface area contributed by atoms with Gasteiger partial charge in [-0.3, -0.25) is 0 Å². The fourth-order valence-electron chi connectivity index (χ4n) is 2.65. The Morgan fingerprint density at radius 1 is 0.958 bits per heavy atom. The summed E-state index contributed by atoms with van der Waals surface area (Å²) in [4.78, 5) is 0. The molecule has 0 heterocycles. The minimum atomic E-state index is -4.93. The van der Waals surface area contributed by atoms with Crippen LogP contribution in [-0.4, -0.2) is 11.2 Å². The standard InChI is InChI=1S/C15H16F6N2S/c16-14(17,18)9-6-7-12(11(8-9)15(19,20)21)23-13(24)22-10-4-2-1-3-5-10/h6-8,10H,1-5H2,(H2,22,23,24). The van der Waals surface area contributed by atoms with E-state index in [1.165, 1.54) is 0 Å². The van der Waals surface area contributed by atoms with Gasteiger partial charge in [0.15, 0.2) is 5.11 Å². The quantitative estimate of drug-likeness (QED) is 0.543. The first-order chi connectivity index (χ1) is 11.1. The second-order valence-corrected chi connectivity index (χ2v) is 6.10. The molecule has 1 aliphatic rings. The molecule has 1 aromatic carbocycles. The first-order valence-corrected chi connectivity index (χ1v) is 7.84. The lowest BCUT2D eigenvalue weighted by Gasteiger charge is -2.25. The maximum atomic E-state index is 13.1. The highest BCUT2D eigenvalue weighted by atomic mass is 32.1. The van der Waals surface area contributed by atoms with E-state index in [-0.39, 0.29) is 17.2 Å². The van der Waals surface area contributed by atoms with Crippen molar-refractivity contribution < 1.29 is 26.3 Å². The molecule has 1 saturated carbocycles. The van der Waals surface area contributed by atoms with Gasteiger partial charge in [-0.05, 0) is 43.3 Å². The molecular formula is C15H16F6N2S. The molecule has 1 aliphatic carbocycles. The summed E-state index contributed by atoms with van der Waals surface area (Å²) < 4.78 is 77.1. The lowest BCUT2D eigenvalue weighted by Crippen LogP contribution is -2.39. The van der Waals surface area contributed by atoms with E-state index < -0.39 is 29.2 Å². The van der Waals surface area contributed by atoms with E-state index in [1.807, 2.05) is 0 Å². The monoisotopic (exact) mass is 370 g/mol. The van der Waals surface area contributed by atoms with E-state index in [1.54, 1.807) is 0 Å². The van der Waals surface area contributed by atoms with Crippen molar-refractivity contribution in [2.45, 2.75) is 50.5 Å². The summed E-state index contributed by atoms with van der Waals surface area (Å²) in [7, 11) is 0. The van der Waals surface area contributed by atoms with Gasteiger partial charge in [-0.1, -0.05) is 19.3 Å². The Morgan fingerprint density at radius 2 is 1.58 bits per heavy atom. The number of anilines is 1. The van der Waals surface area contributed by atoms with Gasteiger partial charge in [0, 0.05) is 6.04 Å². The molecule has 2 nitrogen and oxygen atoms in total. The molecule has 0 amide bonds. The molecule has 0 aliphatic heterocycles. The van der Waals surface area contributed by atoms with Crippen molar-refractivity contribution in [1.29, 1.82) is 0 Å². The van der Waals surface area contributed by atoms with Gasteiger partial charge in [-0.15, -0.1) is 0 Å². The zero-order chi connectivity index (χ0) is 18.0. The second kappa shape index (κ2) is 7.16. The van der Waals surface area contributed by atoms with Crippen molar-refractivity contribution in [2.75, 3.05) is 5.32 Å². The van der Waals surface area contributed by atoms with Gasteiger partial charge >= 0.3 is 12.4 Å². The Hall–Kier alpha value is -1.51. The molecular weight excluding hydrogens is 354 g/mol. The molecule has 2 rings (SSSR count). The molecule has 24 heavy (non-hydrogen) atoms. The molecule has 0 unspecified atom stereocenters. The lowest BCUT2D eigenvalue weighted by atomic mass is 9.96. The average Bonchev–Trinajstić information content (AvgIpc) is 2.46. The topological polar surface area (TPSA) is 24.1 Å². The Balaban J connectivity index is 2.17. The van der Waals surface area contributed by atoms with Gasteiger partial charge in [-0.2, -0.15) is 26.3 Å². The largest absolute Gasteiger partial charge is 0.418 e. The van der Waals surface area contributed by atoms with Crippen LogP contribution in [-0.2, 0) is 12.4 Å². The molecule has 1 aromatic rings. The molecule has 0 saturated heterocycles. The van der Waals surface area contributed by atoms with Crippen molar-refractivity contribution >= 4 is 23.0 Å². The predicted octanol–water partition coefficient (Wildman–Crippen LogP) is 5.34. The number of benzene rings is 1. The minimum Gasteiger partial charge on any atom is -0.360 e. The first-order valence-electron chi connectivity index (χ1n) is 7.43. The molecule has 134 valence electrons. The normalized spacial score (nSPS) is 16.8. The summed E-state index contributed by atoms with van der Waals surface area (Å²) in [6.07, 6.45) is -4.93. The van der Waals surface area contributed by atoms with Crippen molar-refractivity contribution in [3.05, 3.63) is 29.3 Å². The van der Waals surface area contributed by atoms with Crippen LogP contribution in [0.25, 0.3) is 0 Å². The SMILES string of the molecule is FC(F)(F)c1ccc(NC(=S)NC2CCCCC2)c(C(F)(F)F)c1. The number of nitrogens with one attached hydrogen (secondary N) is 2. The molecule has 0 aromatic heterocycles. The predicted molar refractivity (Wildman–Crippen MR) is 82.7 cm³/mol. The van der Waals surface area contributed by atoms with Crippen molar-refractivity contribution in [3.8, 4) is 0 Å². The first kappa shape index (κ1) is 18.8. The summed E-state index contributed by atoms with van der Waals surface area (Å²) in [5, 5.41) is 5.28. The zero-order valence-electron chi connectivity index (χ0n) is 12.5. The second-order valence-electron chi connectivity index (χ2n) is 5.69. The van der Waals surface area contributed by atoms with E-state index in [0.29, 0.717) is 6.07 Å². The number of hydrogen-bond donors (Lipinski definition) is 2. The highest BCUT2D eigenvalue weighted by molar-refractivity contribution is 7.80. The van der Waals surface area contributed by atoms with Crippen LogP contribution in [0.1, 0.15) is 43.2 Å². The Labute approximate surface area is 140 Å². The van der Waals surface area contributed by atoms with Gasteiger partial charge in [0.25, 0.3) is 0 Å². The fraction of sp³-hybridized carbons (Fsp3) is 0.533. The van der Waals surface area contributed by atoms with Crippen LogP contribution < -0.4 is 10.6 Å². The third-order valence-corrected chi connectivity index (χ3v) is 4.06. The summed E-state index contributed by atoms with van der Waals surface area (Å²) in [5.74, 6) is 0. The smallest absolute Gasteiger partial charge is 0.360 e. The summed E-state index contributed by atoms with van der Waals surface area (Å²) in [5.41, 5.74) is -3.25. The Bertz CT molecular complexity index is 591. The minimum absolute atomic E-state index is 0.0211. The number of alkyl halides is 6. The average molecular weight is 370 g/mol. The van der Waals surface area contributed by atoms with Crippen LogP contribution in [0.15, 0.2) is 18.2 Å². The summed E-state index contributed by atoms with van der Waals surface area (Å²) in [6.45, 7) is 0. The van der Waals surface area contributed by atoms with Gasteiger partial charge in [0.05, 0.1) is 16.8 Å². The Kier molecular flexibility index (Phi) is 5.62. The molecule has 9 heteroatoms. The third kappa shape index (κ3) is 4.99. The van der Waals surface area contributed by atoms with Gasteiger partial charge < -0.3 is 10.6 Å². The highest BCUT2D eigenvalue weighted by Crippen LogP contribution is 2.39. The lowest BCUT2D eigenvalue weighted by molar-refractivity contribution is -0.142. The van der Waals surface area contributed by atoms with E-state index in [4.69, 9.17) is 12.2 Å². The number of rotatable bonds is 2. The van der Waals surface area contributed by atoms with Crippen LogP contribution in [0.5, 0.6) is 0 Å². The molecule has 0 bridgehead atoms. The summed E-state index contributed by atoms with van der Waals surface area (Å²) >= 11 is 4.99. The van der Waals surface area contributed by atoms with Crippen LogP contribution in [0.4, 0.5) is 32.0 Å². The van der Waals surface area contributed by atoms with Crippen LogP contribution in [0, 0.1) is 0 Å². The molecule has 0 spiro atoms. The fourth-order valence-corrected chi connectivity index (χ4v) is 2.93. The molecule has 0 radical (unpaired) electrons. The van der Waals surface area contributed by atoms with Gasteiger partial charge in [0.1, 0.15) is 0 Å². The molecule has 1 fully saturated rings. The van der Waals surface area contributed by atoms with Crippen molar-refractivity contribution in [3.63, 3.8) is 0 Å². The van der Waals surface area contributed by atoms with Crippen LogP contribution >= 0.6 is 12.2 Å². The highest BCUT2D eigenvalue weighted by Gasteiger charge is 2.38. The summed E-state index contributed by atoms with van der Waals surface area (Å²) in [6, 6.07) is 1.51. The van der Waals surface area contributed by atoms with Gasteiger partial charge in [0.2, 0.25) is 0 Å². The molecule has 2 N–H and O–H groups in total. The number of halogens is 6. The Morgan fingerprint density at radius 3 is 2.12 bits per heavy atom. The maximum absolute atomic E-state index is 13.1. The van der Waals surface area contributed by atoms with Crippen LogP contribution in [0.3, 0.4) is 0 Å². The number of thiocarbonyl (C=S) groups is 1. The van der Waals surface area contributed by atoms with E-state index in [9.17, 15) is 26.3 Å². The number of hydrogen-bond acceptors (Lipinski definition) is 1.